The minimum atomic E-state index is -0.303. The molecule has 110 valence electrons. The molecular formula is C16H10BrFN2OS. The Labute approximate surface area is 138 Å². The van der Waals surface area contributed by atoms with E-state index in [1.807, 2.05) is 18.2 Å². The van der Waals surface area contributed by atoms with Crippen molar-refractivity contribution in [2.45, 2.75) is 0 Å². The molecule has 0 spiro atoms. The van der Waals surface area contributed by atoms with Crippen LogP contribution < -0.4 is 5.32 Å². The summed E-state index contributed by atoms with van der Waals surface area (Å²) in [7, 11) is 0. The van der Waals surface area contributed by atoms with Gasteiger partial charge in [-0.2, -0.15) is 0 Å². The van der Waals surface area contributed by atoms with Gasteiger partial charge < -0.3 is 0 Å². The summed E-state index contributed by atoms with van der Waals surface area (Å²) in [6, 6.07) is 11.7. The number of anilines is 1. The predicted octanol–water partition coefficient (Wildman–Crippen LogP) is 4.85. The molecule has 0 aliphatic rings. The fourth-order valence-corrected chi connectivity index (χ4v) is 3.27. The molecule has 0 aliphatic carbocycles. The quantitative estimate of drug-likeness (QED) is 0.663. The summed E-state index contributed by atoms with van der Waals surface area (Å²) >= 11 is 4.81. The van der Waals surface area contributed by atoms with Crippen LogP contribution >= 0.6 is 27.3 Å². The number of aromatic nitrogens is 1. The normalized spacial score (nSPS) is 11.2. The van der Waals surface area contributed by atoms with Crippen molar-refractivity contribution in [1.82, 2.24) is 4.98 Å². The highest BCUT2D eigenvalue weighted by Gasteiger charge is 2.06. The Morgan fingerprint density at radius 2 is 2.00 bits per heavy atom. The van der Waals surface area contributed by atoms with Crippen molar-refractivity contribution in [2.24, 2.45) is 0 Å². The molecule has 0 saturated heterocycles. The van der Waals surface area contributed by atoms with E-state index in [0.29, 0.717) is 5.13 Å². The van der Waals surface area contributed by atoms with E-state index in [2.05, 4.69) is 26.2 Å². The second kappa shape index (κ2) is 6.37. The number of nitrogens with zero attached hydrogens (tertiary/aromatic N) is 1. The second-order valence-corrected chi connectivity index (χ2v) is 6.45. The van der Waals surface area contributed by atoms with Crippen molar-refractivity contribution in [3.63, 3.8) is 0 Å². The van der Waals surface area contributed by atoms with E-state index >= 15 is 0 Å². The molecule has 1 amide bonds. The molecule has 3 rings (SSSR count). The molecule has 1 N–H and O–H groups in total. The summed E-state index contributed by atoms with van der Waals surface area (Å²) in [4.78, 5) is 16.2. The third kappa shape index (κ3) is 3.58. The zero-order valence-corrected chi connectivity index (χ0v) is 13.6. The van der Waals surface area contributed by atoms with Crippen molar-refractivity contribution in [2.75, 3.05) is 5.32 Å². The molecule has 1 heterocycles. The number of halogens is 2. The number of fused-ring (bicyclic) bond motifs is 1. The molecule has 3 aromatic rings. The van der Waals surface area contributed by atoms with E-state index in [9.17, 15) is 9.18 Å². The van der Waals surface area contributed by atoms with Gasteiger partial charge in [0.1, 0.15) is 5.82 Å². The number of rotatable bonds is 3. The molecule has 0 saturated carbocycles. The molecular weight excluding hydrogens is 367 g/mol. The van der Waals surface area contributed by atoms with Gasteiger partial charge in [0.05, 0.1) is 10.2 Å². The van der Waals surface area contributed by atoms with E-state index in [-0.39, 0.29) is 11.7 Å². The highest BCUT2D eigenvalue weighted by Crippen LogP contribution is 2.28. The number of nitrogens with one attached hydrogen (secondary N) is 1. The molecule has 22 heavy (non-hydrogen) atoms. The van der Waals surface area contributed by atoms with Crippen LogP contribution in [0.3, 0.4) is 0 Å². The zero-order valence-electron chi connectivity index (χ0n) is 11.2. The van der Waals surface area contributed by atoms with Gasteiger partial charge in [-0.05, 0) is 42.0 Å². The Balaban J connectivity index is 1.71. The van der Waals surface area contributed by atoms with Gasteiger partial charge in [-0.25, -0.2) is 9.37 Å². The number of hydrogen-bond acceptors (Lipinski definition) is 3. The van der Waals surface area contributed by atoms with Crippen molar-refractivity contribution in [1.29, 1.82) is 0 Å². The van der Waals surface area contributed by atoms with Crippen molar-refractivity contribution < 1.29 is 9.18 Å². The number of amides is 1. The first-order valence-electron chi connectivity index (χ1n) is 6.41. The van der Waals surface area contributed by atoms with Gasteiger partial charge in [-0.3, -0.25) is 10.1 Å². The van der Waals surface area contributed by atoms with Crippen LogP contribution in [0.1, 0.15) is 5.56 Å². The summed E-state index contributed by atoms with van der Waals surface area (Å²) in [5.41, 5.74) is 1.59. The van der Waals surface area contributed by atoms with Crippen LogP contribution in [0.5, 0.6) is 0 Å². The number of thiazole rings is 1. The van der Waals surface area contributed by atoms with Gasteiger partial charge in [0.2, 0.25) is 5.91 Å². The first-order chi connectivity index (χ1) is 10.6. The third-order valence-electron chi connectivity index (χ3n) is 2.88. The number of carbonyl (C=O) groups is 1. The maximum Gasteiger partial charge on any atom is 0.250 e. The monoisotopic (exact) mass is 376 g/mol. The van der Waals surface area contributed by atoms with E-state index in [0.717, 1.165) is 20.3 Å². The molecule has 0 fully saturated rings. The maximum absolute atomic E-state index is 12.8. The maximum atomic E-state index is 12.8. The van der Waals surface area contributed by atoms with E-state index in [1.165, 1.54) is 29.5 Å². The summed E-state index contributed by atoms with van der Waals surface area (Å²) in [5, 5.41) is 3.27. The van der Waals surface area contributed by atoms with Crippen molar-refractivity contribution >= 4 is 54.6 Å². The molecule has 6 heteroatoms. The van der Waals surface area contributed by atoms with E-state index in [1.54, 1.807) is 18.2 Å². The number of carbonyl (C=O) groups excluding carboxylic acids is 1. The van der Waals surface area contributed by atoms with Crippen LogP contribution in [0.25, 0.3) is 16.3 Å². The summed E-state index contributed by atoms with van der Waals surface area (Å²) in [5.74, 6) is -0.579. The fourth-order valence-electron chi connectivity index (χ4n) is 1.84. The SMILES string of the molecule is O=C(/C=C/c1ccc(F)cc1)Nc1nc2ccc(Br)cc2s1. The molecule has 1 aromatic heterocycles. The topological polar surface area (TPSA) is 42.0 Å². The lowest BCUT2D eigenvalue weighted by Crippen LogP contribution is -2.07. The molecule has 0 bridgehead atoms. The Hall–Kier alpha value is -2.05. The van der Waals surface area contributed by atoms with Crippen LogP contribution in [0.15, 0.2) is 53.0 Å². The smallest absolute Gasteiger partial charge is 0.250 e. The third-order valence-corrected chi connectivity index (χ3v) is 4.30. The predicted molar refractivity (Wildman–Crippen MR) is 91.4 cm³/mol. The highest BCUT2D eigenvalue weighted by molar-refractivity contribution is 9.10. The van der Waals surface area contributed by atoms with Crippen LogP contribution in [-0.4, -0.2) is 10.9 Å². The summed E-state index contributed by atoms with van der Waals surface area (Å²) < 4.78 is 14.8. The minimum absolute atomic E-state index is 0.276. The molecule has 0 atom stereocenters. The Morgan fingerprint density at radius 3 is 2.77 bits per heavy atom. The average Bonchev–Trinajstić information content (AvgIpc) is 2.88. The first-order valence-corrected chi connectivity index (χ1v) is 8.02. The zero-order chi connectivity index (χ0) is 15.5. The van der Waals surface area contributed by atoms with Gasteiger partial charge in [0, 0.05) is 10.5 Å². The lowest BCUT2D eigenvalue weighted by Gasteiger charge is -1.96. The Bertz CT molecular complexity index is 858. The average molecular weight is 377 g/mol. The van der Waals surface area contributed by atoms with Crippen LogP contribution in [0.4, 0.5) is 9.52 Å². The molecule has 0 aliphatic heterocycles. The van der Waals surface area contributed by atoms with Gasteiger partial charge >= 0.3 is 0 Å². The molecule has 3 nitrogen and oxygen atoms in total. The van der Waals surface area contributed by atoms with Gasteiger partial charge in [-0.15, -0.1) is 0 Å². The largest absolute Gasteiger partial charge is 0.298 e. The van der Waals surface area contributed by atoms with E-state index < -0.39 is 0 Å². The van der Waals surface area contributed by atoms with Crippen LogP contribution in [0, 0.1) is 5.82 Å². The Kier molecular flexibility index (Phi) is 4.31. The lowest BCUT2D eigenvalue weighted by molar-refractivity contribution is -0.111. The van der Waals surface area contributed by atoms with Gasteiger partial charge in [0.25, 0.3) is 0 Å². The van der Waals surface area contributed by atoms with Crippen molar-refractivity contribution in [3.05, 3.63) is 64.4 Å². The second-order valence-electron chi connectivity index (χ2n) is 4.51. The van der Waals surface area contributed by atoms with Crippen molar-refractivity contribution in [3.8, 4) is 0 Å². The van der Waals surface area contributed by atoms with Crippen LogP contribution in [-0.2, 0) is 4.79 Å². The van der Waals surface area contributed by atoms with Gasteiger partial charge in [0.15, 0.2) is 5.13 Å². The molecule has 0 radical (unpaired) electrons. The van der Waals surface area contributed by atoms with E-state index in [4.69, 9.17) is 0 Å². The fraction of sp³-hybridized carbons (Fsp3) is 0. The summed E-state index contributed by atoms with van der Waals surface area (Å²) in [6.45, 7) is 0. The molecule has 2 aromatic carbocycles. The Morgan fingerprint density at radius 1 is 1.23 bits per heavy atom. The van der Waals surface area contributed by atoms with Crippen LogP contribution in [0.2, 0.25) is 0 Å². The molecule has 0 unspecified atom stereocenters. The number of hydrogen-bond donors (Lipinski definition) is 1. The van der Waals surface area contributed by atoms with Gasteiger partial charge in [-0.1, -0.05) is 39.4 Å². The number of benzene rings is 2. The minimum Gasteiger partial charge on any atom is -0.298 e. The first kappa shape index (κ1) is 14.9. The summed E-state index contributed by atoms with van der Waals surface area (Å²) in [6.07, 6.45) is 3.02. The standard InChI is InChI=1S/C16H10BrFN2OS/c17-11-4-7-13-14(9-11)22-16(19-13)20-15(21)8-3-10-1-5-12(18)6-2-10/h1-9H,(H,19,20,21)/b8-3+. The lowest BCUT2D eigenvalue weighted by atomic mass is 10.2. The highest BCUT2D eigenvalue weighted by atomic mass is 79.9.